The number of carboxylic acids is 1. The smallest absolute Gasteiger partial charge is 0.339 e. The highest BCUT2D eigenvalue weighted by molar-refractivity contribution is 5.89. The molecule has 0 saturated heterocycles. The van der Waals surface area contributed by atoms with Gasteiger partial charge in [0.2, 0.25) is 0 Å². The Kier molecular flexibility index (Phi) is 6.94. The third kappa shape index (κ3) is 5.33. The largest absolute Gasteiger partial charge is 0.493 e. The van der Waals surface area contributed by atoms with Crippen LogP contribution in [0.2, 0.25) is 0 Å². The van der Waals surface area contributed by atoms with E-state index in [4.69, 9.17) is 4.74 Å². The molecule has 4 aromatic rings. The lowest BCUT2D eigenvalue weighted by atomic mass is 9.81. The monoisotopic (exact) mass is 525 g/mol. The number of carbonyl (C=O) groups is 1. The molecule has 3 unspecified atom stereocenters. The zero-order chi connectivity index (χ0) is 26.9. The zero-order valence-corrected chi connectivity index (χ0v) is 22.5. The lowest BCUT2D eigenvalue weighted by Crippen LogP contribution is -2.21. The predicted octanol–water partition coefficient (Wildman–Crippen LogP) is 6.23. The molecular formula is C31H35N5O3. The van der Waals surface area contributed by atoms with Crippen molar-refractivity contribution in [2.45, 2.75) is 57.3 Å². The van der Waals surface area contributed by atoms with E-state index in [9.17, 15) is 9.90 Å². The lowest BCUT2D eigenvalue weighted by Gasteiger charge is -2.27. The Morgan fingerprint density at radius 3 is 2.59 bits per heavy atom. The first-order chi connectivity index (χ1) is 19.0. The quantitative estimate of drug-likeness (QED) is 0.278. The van der Waals surface area contributed by atoms with Crippen LogP contribution in [0.3, 0.4) is 0 Å². The van der Waals surface area contributed by atoms with E-state index >= 15 is 0 Å². The van der Waals surface area contributed by atoms with Gasteiger partial charge in [-0.05, 0) is 53.6 Å². The summed E-state index contributed by atoms with van der Waals surface area (Å²) in [7, 11) is 1.84. The highest BCUT2D eigenvalue weighted by Crippen LogP contribution is 2.55. The minimum absolute atomic E-state index is 0.0295. The fourth-order valence-electron chi connectivity index (χ4n) is 6.09. The van der Waals surface area contributed by atoms with E-state index in [2.05, 4.69) is 46.6 Å². The highest BCUT2D eigenvalue weighted by atomic mass is 16.5. The molecule has 2 aromatic carbocycles. The van der Waals surface area contributed by atoms with Crippen molar-refractivity contribution in [2.75, 3.05) is 6.61 Å². The summed E-state index contributed by atoms with van der Waals surface area (Å²) in [6.07, 6.45) is 10.9. The normalized spacial score (nSPS) is 20.1. The Hall–Kier alpha value is -3.94. The molecule has 2 saturated carbocycles. The molecule has 3 atom stereocenters. The van der Waals surface area contributed by atoms with Crippen LogP contribution in [0.1, 0.15) is 79.0 Å². The summed E-state index contributed by atoms with van der Waals surface area (Å²) in [5, 5.41) is 22.7. The van der Waals surface area contributed by atoms with Crippen LogP contribution in [0.4, 0.5) is 0 Å². The van der Waals surface area contributed by atoms with E-state index in [1.807, 2.05) is 37.5 Å². The van der Waals surface area contributed by atoms with Gasteiger partial charge in [-0.2, -0.15) is 5.10 Å². The van der Waals surface area contributed by atoms with Gasteiger partial charge in [0, 0.05) is 25.1 Å². The maximum atomic E-state index is 12.1. The standard InChI is InChI=1S/C31H35N5O3/c1-20(21-8-4-3-5-9-21)19-39-25-13-7-11-23(15-25)22-10-6-12-24(14-22)36-30(28(17-32-36)31(37)38)27-16-26(27)29-18-35(2)34-33-29/h6-7,10-15,17-18,20-21,26-27H,3-5,8-9,16,19H2,1-2H3,(H,37,38). The summed E-state index contributed by atoms with van der Waals surface area (Å²) in [5.41, 5.74) is 4.74. The Balaban J connectivity index is 1.23. The van der Waals surface area contributed by atoms with Crippen LogP contribution in [-0.4, -0.2) is 42.5 Å². The highest BCUT2D eigenvalue weighted by Gasteiger charge is 2.46. The second kappa shape index (κ2) is 10.7. The van der Waals surface area contributed by atoms with Gasteiger partial charge in [0.05, 0.1) is 29.9 Å². The number of aryl methyl sites for hydroxylation is 1. The van der Waals surface area contributed by atoms with Gasteiger partial charge in [-0.3, -0.25) is 4.68 Å². The van der Waals surface area contributed by atoms with Crippen molar-refractivity contribution in [1.29, 1.82) is 0 Å². The van der Waals surface area contributed by atoms with Crippen molar-refractivity contribution >= 4 is 5.97 Å². The summed E-state index contributed by atoms with van der Waals surface area (Å²) < 4.78 is 9.70. The van der Waals surface area contributed by atoms with Crippen molar-refractivity contribution in [1.82, 2.24) is 24.8 Å². The van der Waals surface area contributed by atoms with Crippen LogP contribution in [0, 0.1) is 11.8 Å². The zero-order valence-electron chi connectivity index (χ0n) is 22.5. The number of hydrogen-bond donors (Lipinski definition) is 1. The molecule has 1 N–H and O–H groups in total. The number of hydrogen-bond acceptors (Lipinski definition) is 5. The SMILES string of the molecule is CC(COc1cccc(-c2cccc(-n3ncc(C(=O)O)c3C3CC3c3cn(C)nn3)c2)c1)C1CCCCC1. The first kappa shape index (κ1) is 25.3. The molecule has 0 aliphatic heterocycles. The fourth-order valence-corrected chi connectivity index (χ4v) is 6.09. The number of aromatic nitrogens is 5. The van der Waals surface area contributed by atoms with E-state index < -0.39 is 5.97 Å². The molecule has 0 radical (unpaired) electrons. The fraction of sp³-hybridized carbons (Fsp3) is 0.419. The first-order valence-electron chi connectivity index (χ1n) is 14.0. The van der Waals surface area contributed by atoms with Gasteiger partial charge in [0.1, 0.15) is 11.3 Å². The van der Waals surface area contributed by atoms with Gasteiger partial charge in [0.15, 0.2) is 0 Å². The topological polar surface area (TPSA) is 95.1 Å². The van der Waals surface area contributed by atoms with Gasteiger partial charge in [-0.25, -0.2) is 9.48 Å². The predicted molar refractivity (Wildman–Crippen MR) is 148 cm³/mol. The van der Waals surface area contributed by atoms with Crippen LogP contribution in [0.25, 0.3) is 16.8 Å². The molecule has 2 aliphatic rings. The number of benzene rings is 2. The van der Waals surface area contributed by atoms with Gasteiger partial charge in [-0.15, -0.1) is 5.10 Å². The maximum absolute atomic E-state index is 12.1. The molecule has 39 heavy (non-hydrogen) atoms. The number of rotatable bonds is 9. The van der Waals surface area contributed by atoms with E-state index in [0.29, 0.717) is 11.6 Å². The Morgan fingerprint density at radius 2 is 1.85 bits per heavy atom. The van der Waals surface area contributed by atoms with Gasteiger partial charge < -0.3 is 9.84 Å². The van der Waals surface area contributed by atoms with Crippen LogP contribution in [-0.2, 0) is 7.05 Å². The molecule has 8 heteroatoms. The maximum Gasteiger partial charge on any atom is 0.339 e. The summed E-state index contributed by atoms with van der Waals surface area (Å²) >= 11 is 0. The van der Waals surface area contributed by atoms with Crippen molar-refractivity contribution in [3.8, 4) is 22.6 Å². The second-order valence-electron chi connectivity index (χ2n) is 11.2. The van der Waals surface area contributed by atoms with Gasteiger partial charge >= 0.3 is 5.97 Å². The van der Waals surface area contributed by atoms with Crippen molar-refractivity contribution in [2.24, 2.45) is 18.9 Å². The number of nitrogens with zero attached hydrogens (tertiary/aromatic N) is 5. The summed E-state index contributed by atoms with van der Waals surface area (Å²) in [6.45, 7) is 3.04. The number of aromatic carboxylic acids is 1. The minimum atomic E-state index is -0.968. The molecule has 6 rings (SSSR count). The summed E-state index contributed by atoms with van der Waals surface area (Å²) in [4.78, 5) is 12.1. The number of carboxylic acid groups (broad SMARTS) is 1. The molecule has 2 fully saturated rings. The van der Waals surface area contributed by atoms with Gasteiger partial charge in [0.25, 0.3) is 0 Å². The average molecular weight is 526 g/mol. The number of ether oxygens (including phenoxy) is 1. The van der Waals surface area contributed by atoms with E-state index in [1.54, 1.807) is 9.36 Å². The first-order valence-corrected chi connectivity index (χ1v) is 14.0. The molecule has 0 spiro atoms. The van der Waals surface area contributed by atoms with Crippen molar-refractivity contribution < 1.29 is 14.6 Å². The Morgan fingerprint density at radius 1 is 1.08 bits per heavy atom. The summed E-state index contributed by atoms with van der Waals surface area (Å²) in [6, 6.07) is 16.3. The molecule has 0 amide bonds. The van der Waals surface area contributed by atoms with E-state index in [-0.39, 0.29) is 17.4 Å². The Bertz CT molecular complexity index is 1470. The average Bonchev–Trinajstić information content (AvgIpc) is 3.41. The summed E-state index contributed by atoms with van der Waals surface area (Å²) in [5.74, 6) is 1.38. The Labute approximate surface area is 228 Å². The molecule has 2 heterocycles. The molecular weight excluding hydrogens is 490 g/mol. The third-order valence-corrected chi connectivity index (χ3v) is 8.40. The minimum Gasteiger partial charge on any atom is -0.493 e. The van der Waals surface area contributed by atoms with E-state index in [1.165, 1.54) is 38.3 Å². The molecule has 202 valence electrons. The van der Waals surface area contributed by atoms with E-state index in [0.717, 1.165) is 47.2 Å². The molecule has 2 aromatic heterocycles. The lowest BCUT2D eigenvalue weighted by molar-refractivity contribution is 0.0695. The van der Waals surface area contributed by atoms with Crippen LogP contribution in [0.15, 0.2) is 60.9 Å². The van der Waals surface area contributed by atoms with Crippen LogP contribution >= 0.6 is 0 Å². The van der Waals surface area contributed by atoms with Crippen LogP contribution in [0.5, 0.6) is 5.75 Å². The van der Waals surface area contributed by atoms with Crippen molar-refractivity contribution in [3.05, 3.63) is 77.9 Å². The molecule has 0 bridgehead atoms. The molecule has 2 aliphatic carbocycles. The van der Waals surface area contributed by atoms with Crippen LogP contribution < -0.4 is 4.74 Å². The molecule has 8 nitrogen and oxygen atoms in total. The van der Waals surface area contributed by atoms with Crippen molar-refractivity contribution in [3.63, 3.8) is 0 Å². The second-order valence-corrected chi connectivity index (χ2v) is 11.2. The third-order valence-electron chi connectivity index (χ3n) is 8.40. The van der Waals surface area contributed by atoms with Gasteiger partial charge in [-0.1, -0.05) is 68.5 Å².